The minimum absolute atomic E-state index is 0.00519. The predicted molar refractivity (Wildman–Crippen MR) is 145 cm³/mol. The molecular weight excluding hydrogens is 448 g/mol. The summed E-state index contributed by atoms with van der Waals surface area (Å²) in [6, 6.07) is 24.6. The monoisotopic (exact) mass is 482 g/mol. The van der Waals surface area contributed by atoms with Gasteiger partial charge in [-0.05, 0) is 60.9 Å². The Labute approximate surface area is 213 Å². The van der Waals surface area contributed by atoms with Crippen LogP contribution in [0.4, 0.5) is 17.1 Å². The van der Waals surface area contributed by atoms with Gasteiger partial charge in [0.05, 0.1) is 5.92 Å². The Morgan fingerprint density at radius 3 is 2.33 bits per heavy atom. The highest BCUT2D eigenvalue weighted by Gasteiger charge is 2.35. The number of nitrogens with one attached hydrogen (secondary N) is 1. The Morgan fingerprint density at radius 2 is 1.61 bits per heavy atom. The normalized spacial score (nSPS) is 18.5. The van der Waals surface area contributed by atoms with Crippen LogP contribution in [0.5, 0.6) is 0 Å². The number of anilines is 3. The molecule has 186 valence electrons. The highest BCUT2D eigenvalue weighted by atomic mass is 16.2. The molecule has 1 unspecified atom stereocenters. The number of nitrogens with zero attached hydrogens (tertiary/aromatic N) is 3. The first-order chi connectivity index (χ1) is 17.5. The smallest absolute Gasteiger partial charge is 0.229 e. The van der Waals surface area contributed by atoms with E-state index in [0.717, 1.165) is 55.2 Å². The highest BCUT2D eigenvalue weighted by Crippen LogP contribution is 2.30. The van der Waals surface area contributed by atoms with E-state index >= 15 is 0 Å². The van der Waals surface area contributed by atoms with E-state index in [-0.39, 0.29) is 24.2 Å². The molecule has 5 rings (SSSR count). The van der Waals surface area contributed by atoms with Gasteiger partial charge in [-0.1, -0.05) is 42.5 Å². The summed E-state index contributed by atoms with van der Waals surface area (Å²) in [6.07, 6.45) is 0.241. The first-order valence-corrected chi connectivity index (χ1v) is 12.8. The Kier molecular flexibility index (Phi) is 7.05. The quantitative estimate of drug-likeness (QED) is 0.557. The Morgan fingerprint density at radius 1 is 0.889 bits per heavy atom. The van der Waals surface area contributed by atoms with Gasteiger partial charge in [0.25, 0.3) is 0 Å². The second-order valence-corrected chi connectivity index (χ2v) is 9.91. The molecule has 36 heavy (non-hydrogen) atoms. The molecule has 0 aromatic heterocycles. The largest absolute Gasteiger partial charge is 0.369 e. The van der Waals surface area contributed by atoms with Gasteiger partial charge in [0.2, 0.25) is 11.8 Å². The van der Waals surface area contributed by atoms with E-state index in [1.54, 1.807) is 4.90 Å². The number of hydrogen-bond donors (Lipinski definition) is 1. The molecule has 6 heteroatoms. The van der Waals surface area contributed by atoms with Crippen LogP contribution in [0.2, 0.25) is 0 Å². The Hall–Kier alpha value is -3.64. The maximum Gasteiger partial charge on any atom is 0.229 e. The number of carbonyl (C=O) groups is 2. The van der Waals surface area contributed by atoms with Crippen molar-refractivity contribution in [2.24, 2.45) is 5.92 Å². The molecule has 1 atom stereocenters. The van der Waals surface area contributed by atoms with Gasteiger partial charge in [-0.15, -0.1) is 0 Å². The van der Waals surface area contributed by atoms with Crippen molar-refractivity contribution in [2.45, 2.75) is 26.8 Å². The van der Waals surface area contributed by atoms with Gasteiger partial charge in [-0.3, -0.25) is 14.5 Å². The van der Waals surface area contributed by atoms with Crippen LogP contribution in [-0.4, -0.2) is 49.4 Å². The lowest BCUT2D eigenvalue weighted by atomic mass is 10.1. The molecule has 0 saturated carbocycles. The number of piperazine rings is 1. The summed E-state index contributed by atoms with van der Waals surface area (Å²) in [4.78, 5) is 32.3. The number of hydrogen-bond acceptors (Lipinski definition) is 4. The van der Waals surface area contributed by atoms with Crippen LogP contribution in [-0.2, 0) is 16.1 Å². The van der Waals surface area contributed by atoms with Crippen molar-refractivity contribution < 1.29 is 9.59 Å². The number of aryl methyl sites for hydroxylation is 1. The Bertz CT molecular complexity index is 1220. The molecule has 0 bridgehead atoms. The van der Waals surface area contributed by atoms with E-state index in [0.29, 0.717) is 6.54 Å². The van der Waals surface area contributed by atoms with Crippen molar-refractivity contribution in [3.63, 3.8) is 0 Å². The first-order valence-electron chi connectivity index (χ1n) is 12.8. The average Bonchev–Trinajstić information content (AvgIpc) is 3.29. The molecule has 0 radical (unpaired) electrons. The number of benzene rings is 3. The van der Waals surface area contributed by atoms with Crippen molar-refractivity contribution in [3.8, 4) is 0 Å². The molecule has 2 aliphatic rings. The van der Waals surface area contributed by atoms with Gasteiger partial charge in [0, 0.05) is 62.8 Å². The zero-order valence-electron chi connectivity index (χ0n) is 21.1. The molecule has 2 amide bonds. The van der Waals surface area contributed by atoms with Crippen molar-refractivity contribution in [3.05, 3.63) is 89.5 Å². The van der Waals surface area contributed by atoms with Crippen LogP contribution in [0, 0.1) is 19.8 Å². The van der Waals surface area contributed by atoms with E-state index in [1.165, 1.54) is 11.3 Å². The lowest BCUT2D eigenvalue weighted by Crippen LogP contribution is -2.45. The average molecular weight is 483 g/mol. The lowest BCUT2D eigenvalue weighted by Gasteiger charge is -2.36. The molecule has 3 aromatic carbocycles. The van der Waals surface area contributed by atoms with Gasteiger partial charge < -0.3 is 15.1 Å². The minimum Gasteiger partial charge on any atom is -0.369 e. The predicted octanol–water partition coefficient (Wildman–Crippen LogP) is 4.62. The summed E-state index contributed by atoms with van der Waals surface area (Å²) < 4.78 is 0. The highest BCUT2D eigenvalue weighted by molar-refractivity contribution is 6.04. The summed E-state index contributed by atoms with van der Waals surface area (Å²) >= 11 is 0. The SMILES string of the molecule is Cc1cccc(N2CC(C(=O)Nc3ccc(N4CCN(Cc5ccccc5)CC4)cc3)CC2=O)c1C. The maximum absolute atomic E-state index is 13.0. The number of amides is 2. The molecule has 0 spiro atoms. The topological polar surface area (TPSA) is 55.9 Å². The summed E-state index contributed by atoms with van der Waals surface area (Å²) in [7, 11) is 0. The van der Waals surface area contributed by atoms with E-state index in [9.17, 15) is 9.59 Å². The number of carbonyl (C=O) groups excluding carboxylic acids is 2. The second-order valence-electron chi connectivity index (χ2n) is 9.91. The third-order valence-corrected chi connectivity index (χ3v) is 7.48. The molecular formula is C30H34N4O2. The van der Waals surface area contributed by atoms with Crippen LogP contribution < -0.4 is 15.1 Å². The van der Waals surface area contributed by atoms with Gasteiger partial charge in [-0.2, -0.15) is 0 Å². The molecule has 0 aliphatic carbocycles. The standard InChI is InChI=1S/C30H34N4O2/c1-22-7-6-10-28(23(22)2)34-21-25(19-29(34)35)30(36)31-26-11-13-27(14-12-26)33-17-15-32(16-18-33)20-24-8-4-3-5-9-24/h3-14,25H,15-21H2,1-2H3,(H,31,36). The van der Waals surface area contributed by atoms with E-state index in [4.69, 9.17) is 0 Å². The molecule has 2 aliphatic heterocycles. The van der Waals surface area contributed by atoms with Crippen LogP contribution in [0.15, 0.2) is 72.8 Å². The van der Waals surface area contributed by atoms with E-state index in [1.807, 2.05) is 44.2 Å². The zero-order chi connectivity index (χ0) is 25.1. The first kappa shape index (κ1) is 24.1. The number of rotatable bonds is 6. The minimum atomic E-state index is -0.352. The Balaban J connectivity index is 1.14. The molecule has 1 N–H and O–H groups in total. The van der Waals surface area contributed by atoms with Crippen LogP contribution in [0.3, 0.4) is 0 Å². The van der Waals surface area contributed by atoms with Crippen molar-refractivity contribution in [1.82, 2.24) is 4.90 Å². The molecule has 2 saturated heterocycles. The third kappa shape index (κ3) is 5.29. The molecule has 2 fully saturated rings. The van der Waals surface area contributed by atoms with Gasteiger partial charge in [0.15, 0.2) is 0 Å². The summed E-state index contributed by atoms with van der Waals surface area (Å²) in [5.41, 5.74) is 6.43. The van der Waals surface area contributed by atoms with Gasteiger partial charge in [-0.25, -0.2) is 0 Å². The molecule has 2 heterocycles. The van der Waals surface area contributed by atoms with Crippen LogP contribution >= 0.6 is 0 Å². The maximum atomic E-state index is 13.0. The summed E-state index contributed by atoms with van der Waals surface area (Å²) in [5, 5.41) is 3.02. The summed E-state index contributed by atoms with van der Waals surface area (Å²) in [6.45, 7) is 9.49. The van der Waals surface area contributed by atoms with Gasteiger partial charge >= 0.3 is 0 Å². The molecule has 6 nitrogen and oxygen atoms in total. The van der Waals surface area contributed by atoms with Crippen molar-refractivity contribution in [2.75, 3.05) is 47.8 Å². The third-order valence-electron chi connectivity index (χ3n) is 7.48. The summed E-state index contributed by atoms with van der Waals surface area (Å²) in [5.74, 6) is -0.446. The zero-order valence-corrected chi connectivity index (χ0v) is 21.1. The van der Waals surface area contributed by atoms with Crippen LogP contribution in [0.25, 0.3) is 0 Å². The van der Waals surface area contributed by atoms with Gasteiger partial charge in [0.1, 0.15) is 0 Å². The lowest BCUT2D eigenvalue weighted by molar-refractivity contribution is -0.122. The van der Waals surface area contributed by atoms with E-state index < -0.39 is 0 Å². The second kappa shape index (κ2) is 10.5. The fourth-order valence-electron chi connectivity index (χ4n) is 5.15. The van der Waals surface area contributed by atoms with Crippen LogP contribution in [0.1, 0.15) is 23.1 Å². The van der Waals surface area contributed by atoms with E-state index in [2.05, 4.69) is 57.6 Å². The fraction of sp³-hybridized carbons (Fsp3) is 0.333. The van der Waals surface area contributed by atoms with Crippen molar-refractivity contribution >= 4 is 28.9 Å². The molecule has 3 aromatic rings. The van der Waals surface area contributed by atoms with Crippen molar-refractivity contribution in [1.29, 1.82) is 0 Å². The fourth-order valence-corrected chi connectivity index (χ4v) is 5.15.